The topological polar surface area (TPSA) is 102 Å². The maximum Gasteiger partial charge on any atom is 0.161 e. The lowest BCUT2D eigenvalue weighted by molar-refractivity contribution is 0.425. The van der Waals surface area contributed by atoms with Crippen molar-refractivity contribution in [2.24, 2.45) is 0 Å². The Balaban J connectivity index is 1.39. The second kappa shape index (κ2) is 10.4. The van der Waals surface area contributed by atoms with Gasteiger partial charge in [-0.2, -0.15) is 5.10 Å². The lowest BCUT2D eigenvalue weighted by Crippen LogP contribution is -2.20. The summed E-state index contributed by atoms with van der Waals surface area (Å²) in [6.07, 6.45) is 3.62. The average Bonchev–Trinajstić information content (AvgIpc) is 3.56. The van der Waals surface area contributed by atoms with E-state index < -0.39 is 0 Å². The Morgan fingerprint density at radius 2 is 1.75 bits per heavy atom. The number of benzene rings is 2. The van der Waals surface area contributed by atoms with E-state index in [1.165, 1.54) is 12.1 Å². The molecule has 0 aliphatic heterocycles. The molecule has 9 nitrogen and oxygen atoms in total. The first-order valence-corrected chi connectivity index (χ1v) is 13.0. The summed E-state index contributed by atoms with van der Waals surface area (Å²) in [5.74, 6) is 0.278. The SMILES string of the molecule is CN(C)CCNc1cc(F)cc(-c2cccc3[nH]c(-c4n[nH]c5ccc(-c6cncc(N(C)C)c6)nc45)nc23)c1. The van der Waals surface area contributed by atoms with Crippen LogP contribution in [0.3, 0.4) is 0 Å². The molecule has 0 fully saturated rings. The number of nitrogens with one attached hydrogen (secondary N) is 3. The molecule has 2 aromatic carbocycles. The Kier molecular flexibility index (Phi) is 6.61. The monoisotopic (exact) mass is 535 g/mol. The second-order valence-electron chi connectivity index (χ2n) is 10.2. The van der Waals surface area contributed by atoms with E-state index in [1.54, 1.807) is 6.20 Å². The summed E-state index contributed by atoms with van der Waals surface area (Å²) in [5, 5.41) is 10.9. The summed E-state index contributed by atoms with van der Waals surface area (Å²) in [4.78, 5) is 21.7. The van der Waals surface area contributed by atoms with Crippen LogP contribution < -0.4 is 10.2 Å². The minimum atomic E-state index is -0.305. The lowest BCUT2D eigenvalue weighted by atomic mass is 10.0. The van der Waals surface area contributed by atoms with Crippen molar-refractivity contribution in [3.63, 3.8) is 0 Å². The minimum absolute atomic E-state index is 0.305. The van der Waals surface area contributed by atoms with Crippen molar-refractivity contribution >= 4 is 33.4 Å². The van der Waals surface area contributed by atoms with Crippen LogP contribution in [-0.2, 0) is 0 Å². The molecule has 0 bridgehead atoms. The molecular weight excluding hydrogens is 505 g/mol. The van der Waals surface area contributed by atoms with Crippen LogP contribution in [0.25, 0.3) is 56.0 Å². The van der Waals surface area contributed by atoms with Crippen molar-refractivity contribution < 1.29 is 4.39 Å². The van der Waals surface area contributed by atoms with Crippen molar-refractivity contribution in [3.8, 4) is 33.9 Å². The highest BCUT2D eigenvalue weighted by Crippen LogP contribution is 2.33. The quantitative estimate of drug-likeness (QED) is 0.240. The van der Waals surface area contributed by atoms with Gasteiger partial charge < -0.3 is 20.1 Å². The number of fused-ring (bicyclic) bond motifs is 2. The Morgan fingerprint density at radius 3 is 2.58 bits per heavy atom. The molecule has 0 saturated carbocycles. The van der Waals surface area contributed by atoms with Gasteiger partial charge in [0.1, 0.15) is 11.3 Å². The van der Waals surface area contributed by atoms with E-state index in [-0.39, 0.29) is 5.82 Å². The van der Waals surface area contributed by atoms with Gasteiger partial charge in [0.25, 0.3) is 0 Å². The molecule has 6 aromatic rings. The molecule has 0 aliphatic rings. The number of rotatable bonds is 8. The van der Waals surface area contributed by atoms with E-state index >= 15 is 0 Å². The zero-order chi connectivity index (χ0) is 27.8. The maximum absolute atomic E-state index is 14.6. The fraction of sp³-hybridized carbons (Fsp3) is 0.200. The van der Waals surface area contributed by atoms with E-state index in [2.05, 4.69) is 36.4 Å². The minimum Gasteiger partial charge on any atom is -0.384 e. The number of likely N-dealkylation sites (N-methyl/N-ethyl adjacent to an activating group) is 1. The molecule has 202 valence electrons. The molecule has 0 spiro atoms. The Hall–Kier alpha value is -4.83. The highest BCUT2D eigenvalue weighted by Gasteiger charge is 2.17. The van der Waals surface area contributed by atoms with Crippen molar-refractivity contribution in [2.45, 2.75) is 0 Å². The number of hydrogen-bond acceptors (Lipinski definition) is 7. The van der Waals surface area contributed by atoms with E-state index in [1.807, 2.05) is 75.7 Å². The van der Waals surface area contributed by atoms with Crippen LogP contribution in [0.15, 0.2) is 67.0 Å². The maximum atomic E-state index is 14.6. The number of H-pyrrole nitrogens is 2. The zero-order valence-electron chi connectivity index (χ0n) is 22.8. The van der Waals surface area contributed by atoms with Gasteiger partial charge in [-0.15, -0.1) is 0 Å². The van der Waals surface area contributed by atoms with Gasteiger partial charge in [0, 0.05) is 50.2 Å². The van der Waals surface area contributed by atoms with E-state index in [0.717, 1.165) is 56.9 Å². The largest absolute Gasteiger partial charge is 0.384 e. The van der Waals surface area contributed by atoms with E-state index in [0.29, 0.717) is 23.6 Å². The number of nitrogens with zero attached hydrogens (tertiary/aromatic N) is 6. The van der Waals surface area contributed by atoms with Crippen molar-refractivity contribution in [2.75, 3.05) is 51.5 Å². The summed E-state index contributed by atoms with van der Waals surface area (Å²) >= 11 is 0. The van der Waals surface area contributed by atoms with Gasteiger partial charge in [-0.1, -0.05) is 12.1 Å². The van der Waals surface area contributed by atoms with Crippen LogP contribution in [0.4, 0.5) is 15.8 Å². The summed E-state index contributed by atoms with van der Waals surface area (Å²) in [6, 6.07) is 16.8. The number of aromatic nitrogens is 6. The Morgan fingerprint density at radius 1 is 0.875 bits per heavy atom. The molecule has 6 rings (SSSR count). The van der Waals surface area contributed by atoms with Crippen molar-refractivity contribution in [3.05, 3.63) is 72.8 Å². The molecule has 10 heteroatoms. The first-order valence-electron chi connectivity index (χ1n) is 13.0. The number of pyridine rings is 2. The third kappa shape index (κ3) is 4.96. The number of hydrogen-bond donors (Lipinski definition) is 3. The van der Waals surface area contributed by atoms with Crippen molar-refractivity contribution in [1.29, 1.82) is 0 Å². The normalized spacial score (nSPS) is 11.6. The molecule has 0 unspecified atom stereocenters. The molecule has 4 heterocycles. The van der Waals surface area contributed by atoms with E-state index in [9.17, 15) is 4.39 Å². The fourth-order valence-corrected chi connectivity index (χ4v) is 4.69. The van der Waals surface area contributed by atoms with Gasteiger partial charge in [-0.05, 0) is 62.1 Å². The van der Waals surface area contributed by atoms with E-state index in [4.69, 9.17) is 9.97 Å². The van der Waals surface area contributed by atoms with Gasteiger partial charge in [-0.3, -0.25) is 10.1 Å². The number of halogens is 1. The molecule has 0 atom stereocenters. The summed E-state index contributed by atoms with van der Waals surface area (Å²) < 4.78 is 14.6. The first kappa shape index (κ1) is 25.4. The van der Waals surface area contributed by atoms with Crippen LogP contribution in [0.2, 0.25) is 0 Å². The summed E-state index contributed by atoms with van der Waals surface area (Å²) in [7, 11) is 7.97. The molecule has 4 aromatic heterocycles. The zero-order valence-corrected chi connectivity index (χ0v) is 22.8. The molecule has 0 aliphatic carbocycles. The van der Waals surface area contributed by atoms with Gasteiger partial charge in [-0.25, -0.2) is 14.4 Å². The highest BCUT2D eigenvalue weighted by atomic mass is 19.1. The number of anilines is 2. The average molecular weight is 536 g/mol. The molecular formula is C30H30FN9. The van der Waals surface area contributed by atoms with Gasteiger partial charge in [0.05, 0.1) is 34.1 Å². The highest BCUT2D eigenvalue weighted by molar-refractivity contribution is 5.96. The smallest absolute Gasteiger partial charge is 0.161 e. The van der Waals surface area contributed by atoms with Crippen LogP contribution in [0.1, 0.15) is 0 Å². The first-order chi connectivity index (χ1) is 19.4. The molecule has 0 saturated heterocycles. The fourth-order valence-electron chi connectivity index (χ4n) is 4.69. The Bertz CT molecular complexity index is 1820. The van der Waals surface area contributed by atoms with Crippen LogP contribution >= 0.6 is 0 Å². The number of aromatic amines is 2. The third-order valence-corrected chi connectivity index (χ3v) is 6.78. The molecule has 0 amide bonds. The Labute approximate surface area is 231 Å². The third-order valence-electron chi connectivity index (χ3n) is 6.78. The van der Waals surface area contributed by atoms with Gasteiger partial charge >= 0.3 is 0 Å². The standard InChI is InChI=1S/C30H30FN9/c1-39(2)11-10-33-21-13-18(12-20(31)15-21)23-6-5-7-25-27(23)36-30(35-25)29-28-26(37-38-29)9-8-24(34-28)19-14-22(40(3)4)17-32-16-19/h5-9,12-17,33H,10-11H2,1-4H3,(H,35,36)(H,37,38). The lowest BCUT2D eigenvalue weighted by Gasteiger charge is -2.13. The second-order valence-corrected chi connectivity index (χ2v) is 10.2. The van der Waals surface area contributed by atoms with Crippen LogP contribution in [-0.4, -0.2) is 76.3 Å². The van der Waals surface area contributed by atoms with Gasteiger partial charge in [0.2, 0.25) is 0 Å². The van der Waals surface area contributed by atoms with Crippen LogP contribution in [0.5, 0.6) is 0 Å². The van der Waals surface area contributed by atoms with Crippen molar-refractivity contribution in [1.82, 2.24) is 35.0 Å². The summed E-state index contributed by atoms with van der Waals surface area (Å²) in [6.45, 7) is 1.55. The molecule has 3 N–H and O–H groups in total. The number of imidazole rings is 1. The van der Waals surface area contributed by atoms with Gasteiger partial charge in [0.15, 0.2) is 11.5 Å². The molecule has 40 heavy (non-hydrogen) atoms. The van der Waals surface area contributed by atoms with Crippen LogP contribution in [0, 0.1) is 5.82 Å². The predicted octanol–water partition coefficient (Wildman–Crippen LogP) is 5.41. The number of para-hydroxylation sites is 1. The summed E-state index contributed by atoms with van der Waals surface area (Å²) in [5.41, 5.74) is 8.67. The predicted molar refractivity (Wildman–Crippen MR) is 159 cm³/mol. The molecule has 0 radical (unpaired) electrons.